The Labute approximate surface area is 101 Å². The molecule has 1 heterocycles. The van der Waals surface area contributed by atoms with Crippen LogP contribution in [0.25, 0.3) is 0 Å². The van der Waals surface area contributed by atoms with Gasteiger partial charge in [-0.2, -0.15) is 0 Å². The van der Waals surface area contributed by atoms with Crippen molar-refractivity contribution in [3.63, 3.8) is 0 Å². The molecule has 1 aromatic carbocycles. The van der Waals surface area contributed by atoms with Gasteiger partial charge in [0.2, 0.25) is 0 Å². The van der Waals surface area contributed by atoms with Crippen molar-refractivity contribution in [2.75, 3.05) is 20.8 Å². The van der Waals surface area contributed by atoms with E-state index in [4.69, 9.17) is 9.47 Å². The quantitative estimate of drug-likeness (QED) is 0.877. The molecule has 0 saturated carbocycles. The molecule has 2 atom stereocenters. The third-order valence-corrected chi connectivity index (χ3v) is 4.00. The molecule has 0 radical (unpaired) electrons. The van der Waals surface area contributed by atoms with Gasteiger partial charge in [0.05, 0.1) is 19.6 Å². The van der Waals surface area contributed by atoms with E-state index in [1.807, 2.05) is 23.9 Å². The highest BCUT2D eigenvalue weighted by atomic mass is 32.2. The van der Waals surface area contributed by atoms with Gasteiger partial charge in [-0.3, -0.25) is 0 Å². The van der Waals surface area contributed by atoms with Gasteiger partial charge in [-0.15, -0.1) is 11.8 Å². The van der Waals surface area contributed by atoms with E-state index in [-0.39, 0.29) is 0 Å². The van der Waals surface area contributed by atoms with Crippen LogP contribution in [-0.2, 0) is 0 Å². The Balaban J connectivity index is 2.32. The topological polar surface area (TPSA) is 30.5 Å². The van der Waals surface area contributed by atoms with Crippen LogP contribution in [0.15, 0.2) is 18.2 Å². The van der Waals surface area contributed by atoms with E-state index in [0.717, 1.165) is 23.6 Å². The minimum absolute atomic E-state index is 0.306. The molecule has 1 N–H and O–H groups in total. The lowest BCUT2D eigenvalue weighted by Gasteiger charge is -2.16. The molecular formula is C12H17NO2S. The lowest BCUT2D eigenvalue weighted by molar-refractivity contribution is 0.351. The van der Waals surface area contributed by atoms with Gasteiger partial charge in [-0.1, -0.05) is 19.1 Å². The summed E-state index contributed by atoms with van der Waals surface area (Å²) in [5, 5.41) is 4.42. The average Bonchev–Trinajstić information content (AvgIpc) is 2.74. The van der Waals surface area contributed by atoms with E-state index < -0.39 is 0 Å². The molecule has 0 amide bonds. The summed E-state index contributed by atoms with van der Waals surface area (Å²) >= 11 is 1.92. The smallest absolute Gasteiger partial charge is 0.166 e. The first-order valence-corrected chi connectivity index (χ1v) is 6.30. The van der Waals surface area contributed by atoms with Crippen molar-refractivity contribution in [3.8, 4) is 11.5 Å². The van der Waals surface area contributed by atoms with E-state index in [9.17, 15) is 0 Å². The fourth-order valence-electron chi connectivity index (χ4n) is 1.90. The molecule has 2 unspecified atom stereocenters. The molecular weight excluding hydrogens is 222 g/mol. The first-order chi connectivity index (χ1) is 7.76. The lowest BCUT2D eigenvalue weighted by Crippen LogP contribution is -2.14. The van der Waals surface area contributed by atoms with Gasteiger partial charge in [-0.05, 0) is 6.07 Å². The van der Waals surface area contributed by atoms with Gasteiger partial charge < -0.3 is 14.8 Å². The highest BCUT2D eigenvalue weighted by molar-refractivity contribution is 8.00. The predicted molar refractivity (Wildman–Crippen MR) is 67.3 cm³/mol. The highest BCUT2D eigenvalue weighted by Crippen LogP contribution is 2.42. The number of hydrogen-bond donors (Lipinski definition) is 1. The van der Waals surface area contributed by atoms with Crippen LogP contribution < -0.4 is 14.8 Å². The van der Waals surface area contributed by atoms with Crippen LogP contribution in [0.1, 0.15) is 17.9 Å². The van der Waals surface area contributed by atoms with Gasteiger partial charge in [0.1, 0.15) is 0 Å². The van der Waals surface area contributed by atoms with E-state index in [2.05, 4.69) is 18.3 Å². The summed E-state index contributed by atoms with van der Waals surface area (Å²) in [4.78, 5) is 0. The Morgan fingerprint density at radius 3 is 2.69 bits per heavy atom. The summed E-state index contributed by atoms with van der Waals surface area (Å²) < 4.78 is 10.7. The van der Waals surface area contributed by atoms with Crippen LogP contribution in [0.4, 0.5) is 0 Å². The summed E-state index contributed by atoms with van der Waals surface area (Å²) in [7, 11) is 3.35. The zero-order valence-corrected chi connectivity index (χ0v) is 10.6. The third-order valence-electron chi connectivity index (χ3n) is 2.67. The van der Waals surface area contributed by atoms with Crippen LogP contribution >= 0.6 is 11.8 Å². The molecule has 0 aliphatic carbocycles. The normalized spacial score (nSPS) is 24.4. The maximum Gasteiger partial charge on any atom is 0.166 e. The molecule has 1 aliphatic rings. The standard InChI is InChI=1S/C12H17NO2S/c1-8-7-13-12(16-8)9-5-4-6-10(14-2)11(9)15-3/h4-6,8,12-13H,7H2,1-3H3. The number of hydrogen-bond acceptors (Lipinski definition) is 4. The second kappa shape index (κ2) is 4.97. The number of benzene rings is 1. The molecule has 2 rings (SSSR count). The van der Waals surface area contributed by atoms with Crippen LogP contribution in [0.3, 0.4) is 0 Å². The molecule has 3 nitrogen and oxygen atoms in total. The first kappa shape index (κ1) is 11.6. The molecule has 1 fully saturated rings. The maximum absolute atomic E-state index is 5.44. The average molecular weight is 239 g/mol. The molecule has 0 aromatic heterocycles. The monoisotopic (exact) mass is 239 g/mol. The molecule has 1 aromatic rings. The molecule has 16 heavy (non-hydrogen) atoms. The SMILES string of the molecule is COc1cccc(C2NCC(C)S2)c1OC. The Morgan fingerprint density at radius 2 is 2.12 bits per heavy atom. The van der Waals surface area contributed by atoms with Gasteiger partial charge in [0.25, 0.3) is 0 Å². The van der Waals surface area contributed by atoms with Crippen molar-refractivity contribution in [2.45, 2.75) is 17.5 Å². The van der Waals surface area contributed by atoms with Crippen molar-refractivity contribution in [1.82, 2.24) is 5.32 Å². The Hall–Kier alpha value is -0.870. The predicted octanol–water partition coefficient (Wildman–Crippen LogP) is 2.43. The van der Waals surface area contributed by atoms with Crippen LogP contribution in [0.5, 0.6) is 11.5 Å². The summed E-state index contributed by atoms with van der Waals surface area (Å²) in [6.45, 7) is 3.26. The van der Waals surface area contributed by atoms with Crippen LogP contribution in [0, 0.1) is 0 Å². The largest absolute Gasteiger partial charge is 0.493 e. The van der Waals surface area contributed by atoms with E-state index in [1.54, 1.807) is 14.2 Å². The van der Waals surface area contributed by atoms with E-state index in [1.165, 1.54) is 0 Å². The zero-order valence-electron chi connectivity index (χ0n) is 9.82. The van der Waals surface area contributed by atoms with Crippen LogP contribution in [-0.4, -0.2) is 26.0 Å². The summed E-state index contributed by atoms with van der Waals surface area (Å²) in [5.41, 5.74) is 1.16. The van der Waals surface area contributed by atoms with Crippen molar-refractivity contribution >= 4 is 11.8 Å². The number of rotatable bonds is 3. The van der Waals surface area contributed by atoms with Crippen LogP contribution in [0.2, 0.25) is 0 Å². The molecule has 88 valence electrons. The maximum atomic E-state index is 5.44. The molecule has 1 aliphatic heterocycles. The number of para-hydroxylation sites is 1. The number of thioether (sulfide) groups is 1. The fourth-order valence-corrected chi connectivity index (χ4v) is 3.08. The Bertz CT molecular complexity index is 370. The number of ether oxygens (including phenoxy) is 2. The van der Waals surface area contributed by atoms with Crippen molar-refractivity contribution < 1.29 is 9.47 Å². The van der Waals surface area contributed by atoms with Gasteiger partial charge in [-0.25, -0.2) is 0 Å². The highest BCUT2D eigenvalue weighted by Gasteiger charge is 2.26. The summed E-state index contributed by atoms with van der Waals surface area (Å²) in [6.07, 6.45) is 0. The minimum Gasteiger partial charge on any atom is -0.493 e. The first-order valence-electron chi connectivity index (χ1n) is 5.36. The third kappa shape index (κ3) is 2.13. The van der Waals surface area contributed by atoms with Gasteiger partial charge in [0.15, 0.2) is 11.5 Å². The molecule has 4 heteroatoms. The van der Waals surface area contributed by atoms with Gasteiger partial charge >= 0.3 is 0 Å². The van der Waals surface area contributed by atoms with Crippen molar-refractivity contribution in [1.29, 1.82) is 0 Å². The number of nitrogens with one attached hydrogen (secondary N) is 1. The zero-order chi connectivity index (χ0) is 11.5. The molecule has 0 spiro atoms. The van der Waals surface area contributed by atoms with E-state index in [0.29, 0.717) is 10.6 Å². The van der Waals surface area contributed by atoms with Crippen molar-refractivity contribution in [2.24, 2.45) is 0 Å². The minimum atomic E-state index is 0.306. The van der Waals surface area contributed by atoms with E-state index >= 15 is 0 Å². The molecule has 0 bridgehead atoms. The fraction of sp³-hybridized carbons (Fsp3) is 0.500. The van der Waals surface area contributed by atoms with Crippen molar-refractivity contribution in [3.05, 3.63) is 23.8 Å². The summed E-state index contributed by atoms with van der Waals surface area (Å²) in [5.74, 6) is 1.63. The molecule has 1 saturated heterocycles. The summed E-state index contributed by atoms with van der Waals surface area (Å²) in [6, 6.07) is 6.01. The lowest BCUT2D eigenvalue weighted by atomic mass is 10.2. The Kier molecular flexibility index (Phi) is 3.61. The number of methoxy groups -OCH3 is 2. The van der Waals surface area contributed by atoms with Gasteiger partial charge in [0, 0.05) is 17.4 Å². The Morgan fingerprint density at radius 1 is 1.31 bits per heavy atom. The second-order valence-electron chi connectivity index (χ2n) is 3.82. The second-order valence-corrected chi connectivity index (χ2v) is 5.37.